The second-order valence-electron chi connectivity index (χ2n) is 13.5. The molecule has 2 aliphatic heterocycles. The summed E-state index contributed by atoms with van der Waals surface area (Å²) in [4.78, 5) is 29.8. The average Bonchev–Trinajstić information content (AvgIpc) is 3.12. The maximum atomic E-state index is 13.6. The van der Waals surface area contributed by atoms with Crippen LogP contribution in [0.1, 0.15) is 57.6 Å². The van der Waals surface area contributed by atoms with Gasteiger partial charge in [0.1, 0.15) is 11.4 Å². The highest BCUT2D eigenvalue weighted by molar-refractivity contribution is 7.90. The zero-order valence-corrected chi connectivity index (χ0v) is 27.9. The standard InChI is InChI=1S/C34H42ClN3O6S/c1-22(39)37(4)29-8-6-16-44-33(2,3)32(40)36-45(41,42)26-11-14-31-30(18-26)38(19-24-9-12-27(24)29)20-34(21-43-31)15-5-7-23-17-25(35)10-13-28(23)34/h6,8,10-11,13-14,17-18,24,27,29H,5,7,9,12,15-16,19-21H2,1-4H3,(H,36,40)/b8-6+/t24-,27+,29-,34-/m0/s1. The number of benzene rings is 2. The van der Waals surface area contributed by atoms with Crippen molar-refractivity contribution in [1.82, 2.24) is 9.62 Å². The van der Waals surface area contributed by atoms with Gasteiger partial charge in [0, 0.05) is 37.5 Å². The quantitative estimate of drug-likeness (QED) is 0.438. The number of halogens is 1. The van der Waals surface area contributed by atoms with E-state index >= 15 is 0 Å². The fourth-order valence-corrected chi connectivity index (χ4v) is 8.72. The Kier molecular flexibility index (Phi) is 8.46. The van der Waals surface area contributed by atoms with Crippen LogP contribution in [0.2, 0.25) is 5.02 Å². The molecule has 9 nitrogen and oxygen atoms in total. The molecule has 2 aromatic carbocycles. The van der Waals surface area contributed by atoms with Gasteiger partial charge < -0.3 is 19.3 Å². The predicted octanol–water partition coefficient (Wildman–Crippen LogP) is 4.86. The third-order valence-corrected chi connectivity index (χ3v) is 11.8. The lowest BCUT2D eigenvalue weighted by atomic mass is 9.67. The number of aryl methyl sites for hydroxylation is 1. The van der Waals surface area contributed by atoms with E-state index in [1.807, 2.05) is 25.3 Å². The first-order valence-electron chi connectivity index (χ1n) is 15.7. The average molecular weight is 656 g/mol. The first-order chi connectivity index (χ1) is 21.3. The molecule has 0 aromatic heterocycles. The van der Waals surface area contributed by atoms with Crippen LogP contribution < -0.4 is 14.4 Å². The summed E-state index contributed by atoms with van der Waals surface area (Å²) >= 11 is 6.41. The molecule has 1 fully saturated rings. The third-order valence-electron chi connectivity index (χ3n) is 10.3. The molecule has 2 aliphatic carbocycles. The summed E-state index contributed by atoms with van der Waals surface area (Å²) in [6.07, 6.45) is 8.64. The van der Waals surface area contributed by atoms with Crippen LogP contribution in [0.5, 0.6) is 5.75 Å². The largest absolute Gasteiger partial charge is 0.490 e. The molecule has 2 aromatic rings. The van der Waals surface area contributed by atoms with E-state index < -0.39 is 21.5 Å². The predicted molar refractivity (Wildman–Crippen MR) is 173 cm³/mol. The second kappa shape index (κ2) is 11.9. The van der Waals surface area contributed by atoms with Crippen LogP contribution in [0, 0.1) is 11.8 Å². The van der Waals surface area contributed by atoms with Crippen LogP contribution >= 0.6 is 11.6 Å². The van der Waals surface area contributed by atoms with Gasteiger partial charge in [-0.1, -0.05) is 29.8 Å². The van der Waals surface area contributed by atoms with Crippen molar-refractivity contribution in [3.8, 4) is 5.75 Å². The Morgan fingerprint density at radius 2 is 1.96 bits per heavy atom. The van der Waals surface area contributed by atoms with Crippen LogP contribution in [0.25, 0.3) is 0 Å². The number of hydrogen-bond donors (Lipinski definition) is 1. The van der Waals surface area contributed by atoms with Gasteiger partial charge in [-0.05, 0) is 99.2 Å². The topological polar surface area (TPSA) is 105 Å². The van der Waals surface area contributed by atoms with Crippen LogP contribution in [-0.2, 0) is 36.2 Å². The van der Waals surface area contributed by atoms with Gasteiger partial charge in [-0.25, -0.2) is 13.1 Å². The number of rotatable bonds is 1. The summed E-state index contributed by atoms with van der Waals surface area (Å²) in [5.41, 5.74) is 1.40. The number of amides is 2. The maximum absolute atomic E-state index is 13.6. The van der Waals surface area contributed by atoms with E-state index in [0.717, 1.165) is 32.1 Å². The summed E-state index contributed by atoms with van der Waals surface area (Å²) in [6, 6.07) is 10.8. The molecule has 242 valence electrons. The Balaban J connectivity index is 1.46. The van der Waals surface area contributed by atoms with Crippen LogP contribution in [0.15, 0.2) is 53.4 Å². The number of likely N-dealkylation sites (N-methyl/N-ethyl adjacent to an activating group) is 1. The third kappa shape index (κ3) is 6.09. The molecule has 4 atom stereocenters. The summed E-state index contributed by atoms with van der Waals surface area (Å²) < 4.78 is 41.7. The Morgan fingerprint density at radius 1 is 1.16 bits per heavy atom. The highest BCUT2D eigenvalue weighted by atomic mass is 35.5. The minimum atomic E-state index is -4.21. The van der Waals surface area contributed by atoms with Crippen molar-refractivity contribution in [2.24, 2.45) is 11.8 Å². The van der Waals surface area contributed by atoms with Gasteiger partial charge in [0.25, 0.3) is 15.9 Å². The van der Waals surface area contributed by atoms with E-state index in [2.05, 4.69) is 21.8 Å². The fraction of sp³-hybridized carbons (Fsp3) is 0.529. The molecule has 0 saturated heterocycles. The van der Waals surface area contributed by atoms with Gasteiger partial charge in [0.05, 0.1) is 29.8 Å². The van der Waals surface area contributed by atoms with E-state index in [4.69, 9.17) is 21.1 Å². The monoisotopic (exact) mass is 655 g/mol. The lowest BCUT2D eigenvalue weighted by Gasteiger charge is -2.47. The van der Waals surface area contributed by atoms with Crippen molar-refractivity contribution in [2.45, 2.75) is 74.8 Å². The molecule has 2 amide bonds. The zero-order chi connectivity index (χ0) is 32.1. The van der Waals surface area contributed by atoms with Crippen molar-refractivity contribution >= 4 is 39.1 Å². The molecule has 6 rings (SSSR count). The Bertz CT molecular complexity index is 1640. The van der Waals surface area contributed by atoms with Crippen LogP contribution in [0.4, 0.5) is 5.69 Å². The van der Waals surface area contributed by atoms with Crippen molar-refractivity contribution in [2.75, 3.05) is 38.3 Å². The second-order valence-corrected chi connectivity index (χ2v) is 15.7. The zero-order valence-electron chi connectivity index (χ0n) is 26.3. The lowest BCUT2D eigenvalue weighted by Crippen LogP contribution is -2.52. The molecule has 11 heteroatoms. The van der Waals surface area contributed by atoms with Gasteiger partial charge in [-0.3, -0.25) is 9.59 Å². The van der Waals surface area contributed by atoms with Gasteiger partial charge in [0.2, 0.25) is 5.91 Å². The van der Waals surface area contributed by atoms with Crippen molar-refractivity contribution in [3.63, 3.8) is 0 Å². The maximum Gasteiger partial charge on any atom is 0.265 e. The molecule has 0 radical (unpaired) electrons. The molecule has 1 N–H and O–H groups in total. The number of hydrogen-bond acceptors (Lipinski definition) is 7. The van der Waals surface area contributed by atoms with Crippen LogP contribution in [0.3, 0.4) is 0 Å². The van der Waals surface area contributed by atoms with Crippen molar-refractivity contribution in [1.29, 1.82) is 0 Å². The van der Waals surface area contributed by atoms with E-state index in [1.54, 1.807) is 24.0 Å². The number of sulfonamides is 1. The number of nitrogens with one attached hydrogen (secondary N) is 1. The normalized spacial score (nSPS) is 29.6. The van der Waals surface area contributed by atoms with E-state index in [0.29, 0.717) is 36.2 Å². The molecular formula is C34H42ClN3O6S. The summed E-state index contributed by atoms with van der Waals surface area (Å²) in [5.74, 6) is 0.274. The first kappa shape index (κ1) is 31.9. The molecule has 4 aliphatic rings. The van der Waals surface area contributed by atoms with E-state index in [1.165, 1.54) is 31.0 Å². The number of fused-ring (bicyclic) bond motifs is 4. The highest BCUT2D eigenvalue weighted by Gasteiger charge is 2.45. The van der Waals surface area contributed by atoms with Gasteiger partial charge in [-0.15, -0.1) is 0 Å². The Labute approximate surface area is 270 Å². The molecule has 45 heavy (non-hydrogen) atoms. The van der Waals surface area contributed by atoms with Gasteiger partial charge in [-0.2, -0.15) is 0 Å². The molecular weight excluding hydrogens is 614 g/mol. The highest BCUT2D eigenvalue weighted by Crippen LogP contribution is 2.47. The smallest absolute Gasteiger partial charge is 0.265 e. The number of carbonyl (C=O) groups is 2. The lowest BCUT2D eigenvalue weighted by molar-refractivity contribution is -0.139. The first-order valence-corrected chi connectivity index (χ1v) is 17.6. The van der Waals surface area contributed by atoms with E-state index in [-0.39, 0.29) is 40.7 Å². The SMILES string of the molecule is CC(=O)N(C)[C@H]1/C=C/COC(C)(C)C(=O)NS(=O)(=O)c2ccc3c(c2)N(C[C@@H]2CC[C@H]21)C[C@@]1(CCCc2cc(Cl)ccc21)CO3. The minimum Gasteiger partial charge on any atom is -0.490 e. The van der Waals surface area contributed by atoms with E-state index in [9.17, 15) is 18.0 Å². The number of carbonyl (C=O) groups excluding carboxylic acids is 2. The number of ether oxygens (including phenoxy) is 2. The van der Waals surface area contributed by atoms with Crippen molar-refractivity contribution in [3.05, 3.63) is 64.7 Å². The Hall–Kier alpha value is -3.08. The molecule has 1 spiro atoms. The van der Waals surface area contributed by atoms with Crippen molar-refractivity contribution < 1.29 is 27.5 Å². The molecule has 0 unspecified atom stereocenters. The minimum absolute atomic E-state index is 0.0166. The molecule has 1 saturated carbocycles. The van der Waals surface area contributed by atoms with Crippen LogP contribution in [-0.4, -0.2) is 70.1 Å². The number of nitrogens with zero attached hydrogens (tertiary/aromatic N) is 2. The molecule has 2 bridgehead atoms. The molecule has 2 heterocycles. The summed E-state index contributed by atoms with van der Waals surface area (Å²) in [5, 5.41) is 0.713. The fourth-order valence-electron chi connectivity index (χ4n) is 7.41. The number of anilines is 1. The summed E-state index contributed by atoms with van der Waals surface area (Å²) in [6.45, 7) is 6.50. The Morgan fingerprint density at radius 3 is 2.69 bits per heavy atom. The van der Waals surface area contributed by atoms with Gasteiger partial charge in [0.15, 0.2) is 0 Å². The summed E-state index contributed by atoms with van der Waals surface area (Å²) in [7, 11) is -2.38. The van der Waals surface area contributed by atoms with Gasteiger partial charge >= 0.3 is 0 Å².